The van der Waals surface area contributed by atoms with Crippen molar-refractivity contribution in [2.24, 2.45) is 5.10 Å². The topological polar surface area (TPSA) is 64.9 Å². The summed E-state index contributed by atoms with van der Waals surface area (Å²) >= 11 is 0. The Bertz CT molecular complexity index is 982. The first-order chi connectivity index (χ1) is 13.2. The fraction of sp³-hybridized carbons (Fsp3) is 0.0909. The van der Waals surface area contributed by atoms with Crippen LogP contribution in [-0.2, 0) is 13.1 Å². The number of hydrogen-bond donors (Lipinski definition) is 2. The quantitative estimate of drug-likeness (QED) is 0.553. The molecule has 0 spiro atoms. The summed E-state index contributed by atoms with van der Waals surface area (Å²) in [5, 5.41) is 13.3. The molecular weight excluding hydrogens is 338 g/mol. The number of carbonyl (C=O) groups excluding carboxylic acids is 1. The van der Waals surface area contributed by atoms with Crippen molar-refractivity contribution in [3.63, 3.8) is 0 Å². The molecule has 5 nitrogen and oxygen atoms in total. The summed E-state index contributed by atoms with van der Waals surface area (Å²) in [4.78, 5) is 14.6. The Balaban J connectivity index is 1.42. The minimum atomic E-state index is -0.244. The Labute approximate surface area is 157 Å². The van der Waals surface area contributed by atoms with Crippen LogP contribution in [0.3, 0.4) is 0 Å². The summed E-state index contributed by atoms with van der Waals surface area (Å²) in [6.45, 7) is 1.64. The third kappa shape index (κ3) is 3.82. The summed E-state index contributed by atoms with van der Waals surface area (Å²) in [7, 11) is 0. The van der Waals surface area contributed by atoms with Crippen LogP contribution in [0.4, 0.5) is 5.69 Å². The fourth-order valence-electron chi connectivity index (χ4n) is 3.15. The van der Waals surface area contributed by atoms with E-state index in [0.717, 1.165) is 24.2 Å². The number of amides is 1. The zero-order valence-electron chi connectivity index (χ0n) is 14.7. The van der Waals surface area contributed by atoms with E-state index in [1.165, 1.54) is 11.3 Å². The number of phenolic OH excluding ortho intramolecular Hbond substituents is 1. The van der Waals surface area contributed by atoms with Crippen molar-refractivity contribution in [2.75, 3.05) is 4.90 Å². The van der Waals surface area contributed by atoms with Gasteiger partial charge >= 0.3 is 0 Å². The molecule has 3 aromatic rings. The first kappa shape index (κ1) is 16.8. The van der Waals surface area contributed by atoms with Crippen LogP contribution in [0.1, 0.15) is 27.0 Å². The molecule has 0 saturated carbocycles. The molecule has 5 heteroatoms. The van der Waals surface area contributed by atoms with E-state index in [0.29, 0.717) is 5.56 Å². The second-order valence-corrected chi connectivity index (χ2v) is 6.47. The smallest absolute Gasteiger partial charge is 0.271 e. The monoisotopic (exact) mass is 357 g/mol. The van der Waals surface area contributed by atoms with Gasteiger partial charge in [-0.1, -0.05) is 24.3 Å². The molecule has 27 heavy (non-hydrogen) atoms. The molecule has 2 N–H and O–H groups in total. The molecule has 0 fully saturated rings. The molecular formula is C22H19N3O2. The Morgan fingerprint density at radius 3 is 2.48 bits per heavy atom. The fourth-order valence-corrected chi connectivity index (χ4v) is 3.15. The normalized spacial score (nSPS) is 13.0. The number of hydrogen-bond acceptors (Lipinski definition) is 4. The minimum absolute atomic E-state index is 0.193. The van der Waals surface area contributed by atoms with Crippen molar-refractivity contribution in [3.05, 3.63) is 95.1 Å². The average Bonchev–Trinajstić information content (AvgIpc) is 3.13. The first-order valence-electron chi connectivity index (χ1n) is 8.73. The van der Waals surface area contributed by atoms with E-state index >= 15 is 0 Å². The second-order valence-electron chi connectivity index (χ2n) is 6.47. The minimum Gasteiger partial charge on any atom is -0.508 e. The number of nitrogens with zero attached hydrogens (tertiary/aromatic N) is 2. The van der Waals surface area contributed by atoms with Crippen LogP contribution in [0.5, 0.6) is 5.75 Å². The second kappa shape index (κ2) is 7.33. The van der Waals surface area contributed by atoms with E-state index in [1.54, 1.807) is 30.5 Å². The van der Waals surface area contributed by atoms with E-state index in [2.05, 4.69) is 27.6 Å². The predicted octanol–water partition coefficient (Wildman–Crippen LogP) is 3.68. The van der Waals surface area contributed by atoms with Crippen LogP contribution in [0.25, 0.3) is 0 Å². The van der Waals surface area contributed by atoms with Crippen molar-refractivity contribution in [1.29, 1.82) is 0 Å². The molecule has 1 aliphatic heterocycles. The zero-order valence-corrected chi connectivity index (χ0v) is 14.7. The number of fused-ring (bicyclic) bond motifs is 1. The molecule has 0 radical (unpaired) electrons. The molecule has 3 aromatic carbocycles. The van der Waals surface area contributed by atoms with Gasteiger partial charge < -0.3 is 10.0 Å². The van der Waals surface area contributed by atoms with Crippen molar-refractivity contribution in [3.8, 4) is 5.75 Å². The van der Waals surface area contributed by atoms with Gasteiger partial charge in [-0.3, -0.25) is 4.79 Å². The van der Waals surface area contributed by atoms with Gasteiger partial charge in [-0.2, -0.15) is 5.10 Å². The first-order valence-corrected chi connectivity index (χ1v) is 8.73. The molecule has 0 bridgehead atoms. The lowest BCUT2D eigenvalue weighted by Gasteiger charge is -2.17. The van der Waals surface area contributed by atoms with Crippen molar-refractivity contribution in [2.45, 2.75) is 13.1 Å². The summed E-state index contributed by atoms with van der Waals surface area (Å²) < 4.78 is 0. The van der Waals surface area contributed by atoms with E-state index < -0.39 is 0 Å². The van der Waals surface area contributed by atoms with Crippen LogP contribution in [0, 0.1) is 0 Å². The lowest BCUT2D eigenvalue weighted by atomic mass is 10.1. The number of nitrogens with one attached hydrogen (secondary N) is 1. The lowest BCUT2D eigenvalue weighted by molar-refractivity contribution is 0.0955. The standard InChI is InChI=1S/C22H19N3O2/c26-21-10-6-16(7-11-21)13-23-24-22(27)17-8-9-18-14-25(15-19(18)12-17)20-4-2-1-3-5-20/h1-13,26H,14-15H2,(H,24,27)/b23-13+. The summed E-state index contributed by atoms with van der Waals surface area (Å²) in [5.41, 5.74) is 7.51. The number of phenols is 1. The molecule has 0 aliphatic carbocycles. The van der Waals surface area contributed by atoms with Gasteiger partial charge in [-0.15, -0.1) is 0 Å². The van der Waals surface area contributed by atoms with Crippen molar-refractivity contribution in [1.82, 2.24) is 5.43 Å². The van der Waals surface area contributed by atoms with Gasteiger partial charge in [0.05, 0.1) is 6.21 Å². The van der Waals surface area contributed by atoms with Gasteiger partial charge in [-0.25, -0.2) is 5.43 Å². The van der Waals surface area contributed by atoms with E-state index in [9.17, 15) is 9.90 Å². The van der Waals surface area contributed by atoms with Crippen molar-refractivity contribution < 1.29 is 9.90 Å². The van der Waals surface area contributed by atoms with Crippen LogP contribution in [-0.4, -0.2) is 17.2 Å². The molecule has 1 heterocycles. The zero-order chi connectivity index (χ0) is 18.6. The number of aromatic hydroxyl groups is 1. The predicted molar refractivity (Wildman–Crippen MR) is 106 cm³/mol. The van der Waals surface area contributed by atoms with Gasteiger partial charge in [0.15, 0.2) is 0 Å². The largest absolute Gasteiger partial charge is 0.508 e. The maximum atomic E-state index is 12.4. The Morgan fingerprint density at radius 2 is 1.70 bits per heavy atom. The van der Waals surface area contributed by atoms with Gasteiger partial charge in [0.2, 0.25) is 0 Å². The molecule has 0 aromatic heterocycles. The molecule has 4 rings (SSSR count). The highest BCUT2D eigenvalue weighted by molar-refractivity contribution is 5.95. The highest BCUT2D eigenvalue weighted by Crippen LogP contribution is 2.28. The van der Waals surface area contributed by atoms with E-state index in [1.807, 2.05) is 36.4 Å². The summed E-state index contributed by atoms with van der Waals surface area (Å²) in [5.74, 6) is -0.0511. The molecule has 1 aliphatic rings. The molecule has 1 amide bonds. The van der Waals surface area contributed by atoms with Gasteiger partial charge in [0.1, 0.15) is 5.75 Å². The average molecular weight is 357 g/mol. The third-order valence-corrected chi connectivity index (χ3v) is 4.59. The summed E-state index contributed by atoms with van der Waals surface area (Å²) in [6, 6.07) is 22.6. The number of benzene rings is 3. The van der Waals surface area contributed by atoms with Crippen LogP contribution in [0.15, 0.2) is 77.9 Å². The Morgan fingerprint density at radius 1 is 0.963 bits per heavy atom. The maximum Gasteiger partial charge on any atom is 0.271 e. The number of hydrazone groups is 1. The van der Waals surface area contributed by atoms with E-state index in [-0.39, 0.29) is 11.7 Å². The summed E-state index contributed by atoms with van der Waals surface area (Å²) in [6.07, 6.45) is 1.54. The van der Waals surface area contributed by atoms with Gasteiger partial charge in [0, 0.05) is 24.3 Å². The van der Waals surface area contributed by atoms with Crippen molar-refractivity contribution >= 4 is 17.8 Å². The maximum absolute atomic E-state index is 12.4. The molecule has 134 valence electrons. The van der Waals surface area contributed by atoms with Gasteiger partial charge in [0.25, 0.3) is 5.91 Å². The Kier molecular flexibility index (Phi) is 4.58. The van der Waals surface area contributed by atoms with Crippen LogP contribution in [0.2, 0.25) is 0 Å². The highest BCUT2D eigenvalue weighted by Gasteiger charge is 2.20. The number of carbonyl (C=O) groups is 1. The highest BCUT2D eigenvalue weighted by atomic mass is 16.3. The Hall–Kier alpha value is -3.60. The van der Waals surface area contributed by atoms with Crippen LogP contribution < -0.4 is 10.3 Å². The van der Waals surface area contributed by atoms with Gasteiger partial charge in [-0.05, 0) is 65.2 Å². The number of rotatable bonds is 4. The third-order valence-electron chi connectivity index (χ3n) is 4.59. The van der Waals surface area contributed by atoms with Crippen LogP contribution >= 0.6 is 0 Å². The SMILES string of the molecule is O=C(N/N=C/c1ccc(O)cc1)c1ccc2c(c1)CN(c1ccccc1)C2. The molecule has 0 atom stereocenters. The lowest BCUT2D eigenvalue weighted by Crippen LogP contribution is -2.17. The molecule has 0 unspecified atom stereocenters. The van der Waals surface area contributed by atoms with E-state index in [4.69, 9.17) is 0 Å². The number of para-hydroxylation sites is 1. The number of anilines is 1. The molecule has 0 saturated heterocycles.